The molecule has 124 heavy (non-hydrogen) atoms. The molecular weight excluding hydrogens is 1660 g/mol. The van der Waals surface area contributed by atoms with Gasteiger partial charge in [-0.25, -0.2) is 74.2 Å². The molecule has 12 aromatic rings. The van der Waals surface area contributed by atoms with Crippen molar-refractivity contribution in [3.05, 3.63) is 267 Å². The average molecular weight is 1750 g/mol. The molecule has 8 aliphatic heterocycles. The van der Waals surface area contributed by atoms with Crippen molar-refractivity contribution in [2.45, 2.75) is 146 Å². The Kier molecular flexibility index (Phi) is 25.6. The number of hydrogen-bond acceptors (Lipinski definition) is 23. The summed E-state index contributed by atoms with van der Waals surface area (Å²) in [4.78, 5) is 127. The normalized spacial score (nSPS) is 22.4. The molecule has 12 fully saturated rings. The average Bonchev–Trinajstić information content (AvgIpc) is 0.781. The number of amides is 4. The Labute approximate surface area is 735 Å². The van der Waals surface area contributed by atoms with Gasteiger partial charge in [0.05, 0.1) is 78.9 Å². The predicted octanol–water partition coefficient (Wildman–Crippen LogP) is 16.3. The Balaban J connectivity index is 0.000000117. The van der Waals surface area contributed by atoms with Crippen molar-refractivity contribution in [2.75, 3.05) is 26.2 Å². The summed E-state index contributed by atoms with van der Waals surface area (Å²) in [5.74, 6) is 4.59. The molecule has 12 atom stereocenters. The first-order chi connectivity index (χ1) is 60.3. The molecule has 8 saturated heterocycles. The standard InChI is InChI=1S/C23H20ClFN4O2.3C23H22ClN5O2/c24-15-6-8-21(26-10-15)31-20-9-14-5-7-19(20)29(13-14)23(30)18-4-2-1-3-17(18)22-27-11-16(25)12-28-22;2*1-14-3-6-17(22-25-9-2-10-26-22)21(28-14)23(30)29-13-15-4-7-18(29)19(11-15)31-20-8-5-16(24)12-27-20;1-14-9-17(21(28-11-14)22-25-7-2-8-26-22)23(30)29-13-15-3-5-18(29)19(10-15)31-20-6-4-16(24)12-27-20/h1-4,6,8,10-12,14,19-20H,5,7,9,13H2;2*2-3,5-6,8-10,12,15,18-19H,4,7,11,13H2,1H3;2,4,6-9,11-12,15,18-19H,3,5,10,13H2,1H3. The molecule has 0 N–H and O–H groups in total. The fourth-order valence-electron chi connectivity index (χ4n) is 18.2. The van der Waals surface area contributed by atoms with Crippen LogP contribution in [0.15, 0.2) is 202 Å². The molecule has 32 heteroatoms. The number of aromatic nitrogens is 15. The summed E-state index contributed by atoms with van der Waals surface area (Å²) < 4.78 is 38.0. The summed E-state index contributed by atoms with van der Waals surface area (Å²) in [6.07, 6.45) is 31.4. The van der Waals surface area contributed by atoms with Gasteiger partial charge >= 0.3 is 0 Å². The largest absolute Gasteiger partial charge is 0.472 e. The Hall–Kier alpha value is -12.2. The minimum absolute atomic E-state index is 0.0139. The lowest BCUT2D eigenvalue weighted by atomic mass is 9.77. The highest BCUT2D eigenvalue weighted by molar-refractivity contribution is 6.31. The minimum atomic E-state index is -0.517. The van der Waals surface area contributed by atoms with E-state index >= 15 is 0 Å². The third-order valence-electron chi connectivity index (χ3n) is 24.0. The highest BCUT2D eigenvalue weighted by Gasteiger charge is 2.50. The fraction of sp³-hybridized carbons (Fsp3) is 0.337. The van der Waals surface area contributed by atoms with Crippen LogP contribution >= 0.6 is 46.4 Å². The van der Waals surface area contributed by atoms with Gasteiger partial charge in [0.15, 0.2) is 29.1 Å². The van der Waals surface area contributed by atoms with Gasteiger partial charge in [-0.15, -0.1) is 0 Å². The molecule has 11 aromatic heterocycles. The van der Waals surface area contributed by atoms with Crippen LogP contribution in [-0.4, -0.2) is 193 Å². The summed E-state index contributed by atoms with van der Waals surface area (Å²) in [7, 11) is 0. The topological polar surface area (TPSA) is 312 Å². The molecule has 12 unspecified atom stereocenters. The number of pyridine rings is 7. The summed E-state index contributed by atoms with van der Waals surface area (Å²) in [6.45, 7) is 8.53. The molecule has 4 aliphatic carbocycles. The van der Waals surface area contributed by atoms with Crippen molar-refractivity contribution < 1.29 is 42.5 Å². The van der Waals surface area contributed by atoms with E-state index in [9.17, 15) is 23.6 Å². The zero-order valence-corrected chi connectivity index (χ0v) is 71.0. The quantitative estimate of drug-likeness (QED) is 0.0867. The molecule has 19 heterocycles. The zero-order valence-electron chi connectivity index (χ0n) is 67.9. The van der Waals surface area contributed by atoms with Crippen LogP contribution in [0, 0.1) is 50.3 Å². The number of ether oxygens (including phenoxy) is 4. The van der Waals surface area contributed by atoms with E-state index in [1.807, 2.05) is 82.8 Å². The number of fused-ring (bicyclic) bond motifs is 12. The molecule has 8 bridgehead atoms. The van der Waals surface area contributed by atoms with Crippen LogP contribution < -0.4 is 18.9 Å². The second kappa shape index (κ2) is 37.8. The molecule has 1 aromatic carbocycles. The maximum Gasteiger partial charge on any atom is 0.273 e. The van der Waals surface area contributed by atoms with Crippen LogP contribution in [0.25, 0.3) is 45.7 Å². The second-order valence-electron chi connectivity index (χ2n) is 32.3. The van der Waals surface area contributed by atoms with Crippen molar-refractivity contribution >= 4 is 70.0 Å². The molecule has 27 nitrogen and oxygen atoms in total. The third-order valence-corrected chi connectivity index (χ3v) is 24.8. The number of halogens is 5. The molecule has 4 saturated carbocycles. The number of aryl methyl sites for hydroxylation is 3. The number of carbonyl (C=O) groups excluding carboxylic acids is 4. The minimum Gasteiger partial charge on any atom is -0.472 e. The van der Waals surface area contributed by atoms with Crippen LogP contribution in [0.4, 0.5) is 4.39 Å². The maximum atomic E-state index is 13.7. The highest BCUT2D eigenvalue weighted by Crippen LogP contribution is 2.44. The molecule has 0 radical (unpaired) electrons. The summed E-state index contributed by atoms with van der Waals surface area (Å²) in [6, 6.07) is 35.8. The van der Waals surface area contributed by atoms with Gasteiger partial charge in [0.25, 0.3) is 23.6 Å². The van der Waals surface area contributed by atoms with Crippen LogP contribution in [0.3, 0.4) is 0 Å². The van der Waals surface area contributed by atoms with Gasteiger partial charge in [0, 0.05) is 136 Å². The molecule has 24 rings (SSSR count). The van der Waals surface area contributed by atoms with Gasteiger partial charge in [0.2, 0.25) is 23.5 Å². The number of carbonyl (C=O) groups is 4. The van der Waals surface area contributed by atoms with Gasteiger partial charge in [-0.05, 0) is 206 Å². The van der Waals surface area contributed by atoms with Gasteiger partial charge in [-0.3, -0.25) is 24.2 Å². The Bertz CT molecular complexity index is 5370. The van der Waals surface area contributed by atoms with Gasteiger partial charge < -0.3 is 38.5 Å². The van der Waals surface area contributed by atoms with Crippen molar-refractivity contribution in [1.29, 1.82) is 0 Å². The second-order valence-corrected chi connectivity index (χ2v) is 34.0. The van der Waals surface area contributed by atoms with Crippen molar-refractivity contribution in [1.82, 2.24) is 94.4 Å². The van der Waals surface area contributed by atoms with Crippen molar-refractivity contribution in [3.63, 3.8) is 0 Å². The number of benzene rings is 1. The van der Waals surface area contributed by atoms with E-state index in [2.05, 4.69) is 74.8 Å². The smallest absolute Gasteiger partial charge is 0.273 e. The Morgan fingerprint density at radius 1 is 0.339 bits per heavy atom. The molecule has 4 amide bonds. The summed E-state index contributed by atoms with van der Waals surface area (Å²) >= 11 is 23.7. The first-order valence-electron chi connectivity index (χ1n) is 41.5. The lowest BCUT2D eigenvalue weighted by Crippen LogP contribution is -2.59. The van der Waals surface area contributed by atoms with Crippen LogP contribution in [0.1, 0.15) is 136 Å². The van der Waals surface area contributed by atoms with Crippen LogP contribution in [0.5, 0.6) is 23.5 Å². The number of piperidine rings is 8. The molecular formula is C92H86Cl4FN19O8. The van der Waals surface area contributed by atoms with E-state index < -0.39 is 5.82 Å². The number of hydrogen-bond donors (Lipinski definition) is 0. The lowest BCUT2D eigenvalue weighted by Gasteiger charge is -2.49. The van der Waals surface area contributed by atoms with E-state index in [1.165, 1.54) is 0 Å². The molecule has 12 aliphatic rings. The number of rotatable bonds is 16. The summed E-state index contributed by atoms with van der Waals surface area (Å²) in [5.41, 5.74) is 6.69. The maximum absolute atomic E-state index is 13.7. The SMILES string of the molecule is Cc1ccc(-c2ncccn2)c(C(=O)N2CC3CCC2C(Oc2ccc(Cl)cn2)C3)n1.Cc1ccc(-c2ncccn2)c(C(=O)N2CC3CCC2C(Oc2ccc(Cl)cn2)C3)n1.Cc1cnc(-c2ncccn2)c(C(=O)N2CC3CCC2C(Oc2ccc(Cl)cn2)C3)c1.O=C(c1ccccc1-c1ncc(F)cn1)N1CC2CCC1C(Oc1ccc(Cl)cn1)C2. The number of nitrogens with zero attached hydrogens (tertiary/aromatic N) is 19. The van der Waals surface area contributed by atoms with Crippen molar-refractivity contribution in [2.24, 2.45) is 23.7 Å². The van der Waals surface area contributed by atoms with Gasteiger partial charge in [0.1, 0.15) is 41.5 Å². The monoisotopic (exact) mass is 1740 g/mol. The lowest BCUT2D eigenvalue weighted by molar-refractivity contribution is -0.0316. The van der Waals surface area contributed by atoms with E-state index in [1.54, 1.807) is 147 Å². The van der Waals surface area contributed by atoms with Crippen molar-refractivity contribution in [3.8, 4) is 69.2 Å². The fourth-order valence-corrected chi connectivity index (χ4v) is 18.7. The van der Waals surface area contributed by atoms with E-state index in [-0.39, 0.29) is 72.2 Å². The van der Waals surface area contributed by atoms with E-state index in [0.717, 1.165) is 113 Å². The van der Waals surface area contributed by atoms with Gasteiger partial charge in [-0.2, -0.15) is 0 Å². The van der Waals surface area contributed by atoms with Crippen LogP contribution in [0.2, 0.25) is 20.1 Å². The van der Waals surface area contributed by atoms with E-state index in [4.69, 9.17) is 65.4 Å². The predicted molar refractivity (Wildman–Crippen MR) is 461 cm³/mol. The first-order valence-corrected chi connectivity index (χ1v) is 43.0. The Morgan fingerprint density at radius 2 is 0.677 bits per heavy atom. The summed E-state index contributed by atoms with van der Waals surface area (Å²) in [5, 5.41) is 2.25. The first kappa shape index (κ1) is 84.0. The third kappa shape index (κ3) is 19.2. The molecule has 0 spiro atoms. The molecule has 632 valence electrons. The zero-order chi connectivity index (χ0) is 85.5. The van der Waals surface area contributed by atoms with Crippen LogP contribution in [-0.2, 0) is 0 Å². The Morgan fingerprint density at radius 3 is 1.03 bits per heavy atom. The van der Waals surface area contributed by atoms with E-state index in [0.29, 0.717) is 155 Å². The van der Waals surface area contributed by atoms with Gasteiger partial charge in [-0.1, -0.05) is 64.6 Å². The highest BCUT2D eigenvalue weighted by atomic mass is 35.5.